The highest BCUT2D eigenvalue weighted by Gasteiger charge is 2.32. The minimum Gasteiger partial charge on any atom is -0.456 e. The summed E-state index contributed by atoms with van der Waals surface area (Å²) in [5.74, 6) is -1.27. The summed E-state index contributed by atoms with van der Waals surface area (Å²) in [6, 6.07) is 9.30. The Morgan fingerprint density at radius 2 is 2.03 bits per heavy atom. The van der Waals surface area contributed by atoms with Crippen molar-refractivity contribution in [2.75, 3.05) is 18.0 Å². The molecule has 1 atom stereocenters. The number of benzene rings is 1. The highest BCUT2D eigenvalue weighted by Crippen LogP contribution is 2.30. The van der Waals surface area contributed by atoms with Crippen molar-refractivity contribution in [2.45, 2.75) is 25.6 Å². The van der Waals surface area contributed by atoms with Gasteiger partial charge in [0.2, 0.25) is 5.91 Å². The fourth-order valence-electron chi connectivity index (χ4n) is 3.51. The van der Waals surface area contributed by atoms with Gasteiger partial charge in [-0.15, -0.1) is 0 Å². The molecule has 2 amide bonds. The van der Waals surface area contributed by atoms with E-state index in [4.69, 9.17) is 25.5 Å². The van der Waals surface area contributed by atoms with Gasteiger partial charge in [0.05, 0.1) is 24.5 Å². The molecule has 1 fully saturated rings. The summed E-state index contributed by atoms with van der Waals surface area (Å²) in [7, 11) is 0. The van der Waals surface area contributed by atoms with Gasteiger partial charge in [0.15, 0.2) is 12.4 Å². The fourth-order valence-corrected chi connectivity index (χ4v) is 3.51. The van der Waals surface area contributed by atoms with Crippen molar-refractivity contribution in [1.29, 1.82) is 0 Å². The molecule has 3 aromatic rings. The maximum Gasteiger partial charge on any atom is 0.414 e. The van der Waals surface area contributed by atoms with E-state index in [0.717, 1.165) is 0 Å². The summed E-state index contributed by atoms with van der Waals surface area (Å²) in [4.78, 5) is 39.9. The van der Waals surface area contributed by atoms with E-state index in [2.05, 4.69) is 10.1 Å². The van der Waals surface area contributed by atoms with E-state index in [-0.39, 0.29) is 26.1 Å². The molecule has 0 aliphatic carbocycles. The first kappa shape index (κ1) is 23.8. The zero-order chi connectivity index (χ0) is 24.9. The molecule has 4 rings (SSSR count). The van der Waals surface area contributed by atoms with E-state index in [9.17, 15) is 18.8 Å². The highest BCUT2D eigenvalue weighted by molar-refractivity contribution is 5.90. The first-order valence-electron chi connectivity index (χ1n) is 10.7. The van der Waals surface area contributed by atoms with Crippen LogP contribution in [0, 0.1) is 5.82 Å². The van der Waals surface area contributed by atoms with E-state index in [1.165, 1.54) is 17.2 Å². The summed E-state index contributed by atoms with van der Waals surface area (Å²) in [5, 5.41) is 3.89. The van der Waals surface area contributed by atoms with Crippen LogP contribution in [0.15, 0.2) is 47.1 Å². The molecule has 0 bridgehead atoms. The summed E-state index contributed by atoms with van der Waals surface area (Å²) < 4.78 is 30.2. The number of ether oxygens (including phenoxy) is 2. The molecule has 0 unspecified atom stereocenters. The van der Waals surface area contributed by atoms with Crippen molar-refractivity contribution in [3.8, 4) is 22.5 Å². The largest absolute Gasteiger partial charge is 0.456 e. The van der Waals surface area contributed by atoms with E-state index >= 15 is 0 Å². The van der Waals surface area contributed by atoms with Crippen LogP contribution in [0.4, 0.5) is 14.9 Å². The predicted octanol–water partition coefficient (Wildman–Crippen LogP) is 2.14. The van der Waals surface area contributed by atoms with Gasteiger partial charge < -0.3 is 25.5 Å². The third-order valence-corrected chi connectivity index (χ3v) is 5.29. The number of hydrogen-bond donors (Lipinski definition) is 2. The molecule has 4 N–H and O–H groups in total. The van der Waals surface area contributed by atoms with E-state index < -0.39 is 29.9 Å². The third kappa shape index (κ3) is 5.61. The number of primary amides is 1. The van der Waals surface area contributed by atoms with Crippen LogP contribution in [0.25, 0.3) is 22.5 Å². The maximum absolute atomic E-state index is 14.9. The minimum absolute atomic E-state index is 0.0967. The van der Waals surface area contributed by atoms with Gasteiger partial charge in [-0.2, -0.15) is 0 Å². The number of halogens is 1. The van der Waals surface area contributed by atoms with Crippen molar-refractivity contribution in [2.24, 2.45) is 11.5 Å². The van der Waals surface area contributed by atoms with Crippen LogP contribution in [0.3, 0.4) is 0 Å². The number of amides is 2. The molecule has 1 aromatic carbocycles. The molecule has 0 spiro atoms. The summed E-state index contributed by atoms with van der Waals surface area (Å²) >= 11 is 0. The van der Waals surface area contributed by atoms with Crippen molar-refractivity contribution in [1.82, 2.24) is 10.1 Å². The van der Waals surface area contributed by atoms with Crippen LogP contribution in [0.5, 0.6) is 0 Å². The first-order valence-corrected chi connectivity index (χ1v) is 10.7. The molecule has 12 heteroatoms. The third-order valence-electron chi connectivity index (χ3n) is 5.29. The van der Waals surface area contributed by atoms with Gasteiger partial charge in [-0.1, -0.05) is 11.2 Å². The number of anilines is 1. The highest BCUT2D eigenvalue weighted by atomic mass is 19.1. The average Bonchev–Trinajstić information content (AvgIpc) is 3.48. The van der Waals surface area contributed by atoms with Crippen molar-refractivity contribution < 1.29 is 32.8 Å². The SMILES string of the molecule is NCC(=O)OCc1cc(-c2ccc(-c3ccc(N4C[C@H](CCC(N)=O)OC4=O)cc3F)cn2)no1. The predicted molar refractivity (Wildman–Crippen MR) is 120 cm³/mol. The van der Waals surface area contributed by atoms with Crippen LogP contribution in [0.2, 0.25) is 0 Å². The Kier molecular flexibility index (Phi) is 7.01. The second kappa shape index (κ2) is 10.3. The maximum atomic E-state index is 14.9. The molecule has 1 aliphatic rings. The molecule has 0 saturated carbocycles. The summed E-state index contributed by atoms with van der Waals surface area (Å²) in [6.45, 7) is -0.136. The van der Waals surface area contributed by atoms with Gasteiger partial charge in [-0.3, -0.25) is 19.5 Å². The standard InChI is InChI=1S/C23H22FN5O6/c24-18-7-14(29-11-15(34-23(29)32)3-6-21(26)30)2-4-17(18)13-1-5-19(27-10-13)20-8-16(35-28-20)12-33-22(31)9-25/h1-2,4-5,7-8,10,15H,3,6,9,11-12,25H2,(H2,26,30)/t15-/m0/s1. The molecule has 11 nitrogen and oxygen atoms in total. The quantitative estimate of drug-likeness (QED) is 0.434. The van der Waals surface area contributed by atoms with Gasteiger partial charge in [0.25, 0.3) is 0 Å². The van der Waals surface area contributed by atoms with Crippen LogP contribution in [-0.2, 0) is 25.7 Å². The fraction of sp³-hybridized carbons (Fsp3) is 0.261. The second-order valence-electron chi connectivity index (χ2n) is 7.76. The summed E-state index contributed by atoms with van der Waals surface area (Å²) in [6.07, 6.45) is 0.795. The number of nitrogens with zero attached hydrogens (tertiary/aromatic N) is 3. The number of hydrogen-bond acceptors (Lipinski definition) is 9. The van der Waals surface area contributed by atoms with Crippen molar-refractivity contribution in [3.63, 3.8) is 0 Å². The number of carbonyl (C=O) groups excluding carboxylic acids is 3. The van der Waals surface area contributed by atoms with E-state index in [0.29, 0.717) is 40.4 Å². The zero-order valence-electron chi connectivity index (χ0n) is 18.5. The van der Waals surface area contributed by atoms with Crippen molar-refractivity contribution in [3.05, 3.63) is 54.2 Å². The number of nitrogens with two attached hydrogens (primary N) is 2. The van der Waals surface area contributed by atoms with Gasteiger partial charge in [0, 0.05) is 29.8 Å². The molecular formula is C23H22FN5O6. The number of esters is 1. The Balaban J connectivity index is 1.44. The smallest absolute Gasteiger partial charge is 0.414 e. The van der Waals surface area contributed by atoms with Gasteiger partial charge in [0.1, 0.15) is 17.6 Å². The average molecular weight is 483 g/mol. The van der Waals surface area contributed by atoms with E-state index in [1.807, 2.05) is 0 Å². The number of cyclic esters (lactones) is 1. The monoisotopic (exact) mass is 483 g/mol. The first-order chi connectivity index (χ1) is 16.8. The number of carbonyl (C=O) groups is 3. The van der Waals surface area contributed by atoms with Crippen LogP contribution >= 0.6 is 0 Å². The topological polar surface area (TPSA) is 164 Å². The van der Waals surface area contributed by atoms with Crippen LogP contribution in [-0.4, -0.2) is 47.3 Å². The molecule has 35 heavy (non-hydrogen) atoms. The van der Waals surface area contributed by atoms with Crippen molar-refractivity contribution >= 4 is 23.7 Å². The van der Waals surface area contributed by atoms with Crippen LogP contribution < -0.4 is 16.4 Å². The zero-order valence-corrected chi connectivity index (χ0v) is 18.5. The lowest BCUT2D eigenvalue weighted by atomic mass is 10.1. The Morgan fingerprint density at radius 1 is 1.20 bits per heavy atom. The van der Waals surface area contributed by atoms with Gasteiger partial charge in [-0.05, 0) is 30.7 Å². The molecular weight excluding hydrogens is 461 g/mol. The number of pyridine rings is 1. The lowest BCUT2D eigenvalue weighted by Crippen LogP contribution is -2.25. The normalized spacial score (nSPS) is 15.2. The van der Waals surface area contributed by atoms with Gasteiger partial charge >= 0.3 is 12.1 Å². The lowest BCUT2D eigenvalue weighted by Gasteiger charge is -2.14. The Labute approximate surface area is 198 Å². The molecule has 2 aromatic heterocycles. The minimum atomic E-state index is -0.609. The lowest BCUT2D eigenvalue weighted by molar-refractivity contribution is -0.143. The molecule has 182 valence electrons. The molecule has 3 heterocycles. The Bertz CT molecular complexity index is 1250. The van der Waals surface area contributed by atoms with Gasteiger partial charge in [-0.25, -0.2) is 9.18 Å². The Morgan fingerprint density at radius 3 is 2.71 bits per heavy atom. The number of rotatable bonds is 9. The summed E-state index contributed by atoms with van der Waals surface area (Å²) in [5.41, 5.74) is 12.4. The molecule has 1 aliphatic heterocycles. The molecule has 1 saturated heterocycles. The Hall–Kier alpha value is -4.32. The van der Waals surface area contributed by atoms with E-state index in [1.54, 1.807) is 30.3 Å². The second-order valence-corrected chi connectivity index (χ2v) is 7.76. The molecule has 0 radical (unpaired) electrons. The number of aromatic nitrogens is 2. The van der Waals surface area contributed by atoms with Crippen LogP contribution in [0.1, 0.15) is 18.6 Å².